The van der Waals surface area contributed by atoms with E-state index >= 15 is 0 Å². The molecule has 0 aliphatic rings. The second kappa shape index (κ2) is 11.3. The van der Waals surface area contributed by atoms with Gasteiger partial charge in [0.25, 0.3) is 0 Å². The lowest BCUT2D eigenvalue weighted by Crippen LogP contribution is -1.66. The van der Waals surface area contributed by atoms with E-state index in [1.807, 2.05) is 26.0 Å². The Hall–Kier alpha value is -0.720. The summed E-state index contributed by atoms with van der Waals surface area (Å²) in [4.78, 5) is 0. The van der Waals surface area contributed by atoms with E-state index in [1.165, 1.54) is 0 Å². The minimum absolute atomic E-state index is 0.833. The molecule has 0 spiro atoms. The highest BCUT2D eigenvalue weighted by atomic mass is 16.3. The molecule has 0 aromatic carbocycles. The van der Waals surface area contributed by atoms with Gasteiger partial charge in [-0.05, 0) is 18.1 Å². The van der Waals surface area contributed by atoms with Gasteiger partial charge in [-0.15, -0.1) is 0 Å². The van der Waals surface area contributed by atoms with E-state index in [4.69, 9.17) is 4.42 Å². The van der Waals surface area contributed by atoms with Crippen molar-refractivity contribution in [2.24, 2.45) is 5.92 Å². The monoisotopic (exact) mass is 184 g/mol. The SMILES string of the molecule is CC.CC(C)C.CCc1ccco1. The second-order valence-electron chi connectivity index (χ2n) is 3.16. The van der Waals surface area contributed by atoms with E-state index in [1.54, 1.807) is 6.26 Å². The zero-order valence-corrected chi connectivity index (χ0v) is 9.92. The van der Waals surface area contributed by atoms with Crippen LogP contribution < -0.4 is 0 Å². The standard InChI is InChI=1S/C6H8O.C4H10.C2H6/c1-2-6-4-3-5-7-6;1-4(2)3;1-2/h3-5H,2H2,1H3;4H,1-3H3;1-2H3. The quantitative estimate of drug-likeness (QED) is 0.625. The topological polar surface area (TPSA) is 13.1 Å². The molecule has 1 rings (SSSR count). The molecule has 0 atom stereocenters. The Bertz CT molecular complexity index is 149. The third-order valence-corrected chi connectivity index (χ3v) is 0.929. The molecule has 0 N–H and O–H groups in total. The van der Waals surface area contributed by atoms with Gasteiger partial charge in [-0.1, -0.05) is 41.5 Å². The van der Waals surface area contributed by atoms with Gasteiger partial charge in [0.2, 0.25) is 0 Å². The third kappa shape index (κ3) is 14.2. The van der Waals surface area contributed by atoms with Gasteiger partial charge in [0.05, 0.1) is 6.26 Å². The predicted molar refractivity (Wildman–Crippen MR) is 59.9 cm³/mol. The van der Waals surface area contributed by atoms with Crippen molar-refractivity contribution in [3.63, 3.8) is 0 Å². The summed E-state index contributed by atoms with van der Waals surface area (Å²) < 4.78 is 4.98. The molecule has 1 heterocycles. The van der Waals surface area contributed by atoms with Crippen molar-refractivity contribution in [1.82, 2.24) is 0 Å². The van der Waals surface area contributed by atoms with Crippen molar-refractivity contribution in [3.8, 4) is 0 Å². The maximum Gasteiger partial charge on any atom is 0.103 e. The van der Waals surface area contributed by atoms with Crippen LogP contribution in [0.5, 0.6) is 0 Å². The summed E-state index contributed by atoms with van der Waals surface area (Å²) in [6, 6.07) is 3.87. The van der Waals surface area contributed by atoms with Crippen LogP contribution in [0.1, 0.15) is 47.3 Å². The molecule has 13 heavy (non-hydrogen) atoms. The summed E-state index contributed by atoms with van der Waals surface area (Å²) >= 11 is 0. The van der Waals surface area contributed by atoms with Crippen LogP contribution in [0.3, 0.4) is 0 Å². The molecular formula is C12H24O. The van der Waals surface area contributed by atoms with Gasteiger partial charge in [0, 0.05) is 6.42 Å². The lowest BCUT2D eigenvalue weighted by molar-refractivity contribution is 0.516. The fourth-order valence-corrected chi connectivity index (χ4v) is 0.514. The molecule has 0 bridgehead atoms. The van der Waals surface area contributed by atoms with Crippen LogP contribution in [-0.4, -0.2) is 0 Å². The molecule has 78 valence electrons. The summed E-state index contributed by atoms with van der Waals surface area (Å²) in [5, 5.41) is 0. The van der Waals surface area contributed by atoms with Crippen molar-refractivity contribution in [2.45, 2.75) is 48.0 Å². The Morgan fingerprint density at radius 2 is 1.69 bits per heavy atom. The number of hydrogen-bond donors (Lipinski definition) is 0. The molecular weight excluding hydrogens is 160 g/mol. The molecule has 0 radical (unpaired) electrons. The van der Waals surface area contributed by atoms with E-state index in [0.717, 1.165) is 18.1 Å². The molecule has 0 amide bonds. The van der Waals surface area contributed by atoms with Crippen LogP contribution >= 0.6 is 0 Å². The Balaban J connectivity index is 0. The van der Waals surface area contributed by atoms with E-state index in [9.17, 15) is 0 Å². The first-order valence-corrected chi connectivity index (χ1v) is 5.19. The number of hydrogen-bond acceptors (Lipinski definition) is 1. The van der Waals surface area contributed by atoms with E-state index in [0.29, 0.717) is 0 Å². The molecule has 1 aromatic heterocycles. The van der Waals surface area contributed by atoms with Crippen molar-refractivity contribution >= 4 is 0 Å². The van der Waals surface area contributed by atoms with Gasteiger partial charge >= 0.3 is 0 Å². The Labute approximate surface area is 83.2 Å². The zero-order chi connectivity index (χ0) is 10.7. The van der Waals surface area contributed by atoms with Crippen molar-refractivity contribution in [1.29, 1.82) is 0 Å². The molecule has 0 aliphatic carbocycles. The van der Waals surface area contributed by atoms with Gasteiger partial charge < -0.3 is 4.42 Å². The normalized spacial score (nSPS) is 8.23. The van der Waals surface area contributed by atoms with Gasteiger partial charge in [0.1, 0.15) is 5.76 Å². The maximum atomic E-state index is 4.98. The minimum atomic E-state index is 0.833. The highest BCUT2D eigenvalue weighted by molar-refractivity contribution is 4.96. The van der Waals surface area contributed by atoms with E-state index in [-0.39, 0.29) is 0 Å². The first-order valence-electron chi connectivity index (χ1n) is 5.19. The van der Waals surface area contributed by atoms with Crippen LogP contribution in [0.15, 0.2) is 22.8 Å². The molecule has 0 saturated heterocycles. The Kier molecular flexibility index (Phi) is 12.8. The highest BCUT2D eigenvalue weighted by Gasteiger charge is 1.84. The van der Waals surface area contributed by atoms with Crippen LogP contribution in [0.4, 0.5) is 0 Å². The second-order valence-corrected chi connectivity index (χ2v) is 3.16. The van der Waals surface area contributed by atoms with Crippen molar-refractivity contribution in [3.05, 3.63) is 24.2 Å². The highest BCUT2D eigenvalue weighted by Crippen LogP contribution is 1.98. The smallest absolute Gasteiger partial charge is 0.103 e. The largest absolute Gasteiger partial charge is 0.469 e. The summed E-state index contributed by atoms with van der Waals surface area (Å²) in [6.45, 7) is 12.6. The number of rotatable bonds is 1. The molecule has 0 aliphatic heterocycles. The average molecular weight is 184 g/mol. The number of aryl methyl sites for hydroxylation is 1. The molecule has 0 saturated carbocycles. The van der Waals surface area contributed by atoms with Gasteiger partial charge in [-0.25, -0.2) is 0 Å². The minimum Gasteiger partial charge on any atom is -0.469 e. The lowest BCUT2D eigenvalue weighted by Gasteiger charge is -1.79. The molecule has 0 fully saturated rings. The maximum absolute atomic E-state index is 4.98. The Morgan fingerprint density at radius 3 is 1.85 bits per heavy atom. The average Bonchev–Trinajstić information content (AvgIpc) is 2.58. The molecule has 0 unspecified atom stereocenters. The summed E-state index contributed by atoms with van der Waals surface area (Å²) in [5.74, 6) is 1.89. The van der Waals surface area contributed by atoms with Gasteiger partial charge in [-0.3, -0.25) is 0 Å². The third-order valence-electron chi connectivity index (χ3n) is 0.929. The van der Waals surface area contributed by atoms with Crippen molar-refractivity contribution in [2.75, 3.05) is 0 Å². The fourth-order valence-electron chi connectivity index (χ4n) is 0.514. The van der Waals surface area contributed by atoms with E-state index < -0.39 is 0 Å². The van der Waals surface area contributed by atoms with Gasteiger partial charge in [0.15, 0.2) is 0 Å². The van der Waals surface area contributed by atoms with Crippen molar-refractivity contribution < 1.29 is 4.42 Å². The first-order chi connectivity index (χ1) is 6.16. The summed E-state index contributed by atoms with van der Waals surface area (Å²) in [5.41, 5.74) is 0. The zero-order valence-electron chi connectivity index (χ0n) is 9.92. The first kappa shape index (κ1) is 14.8. The molecule has 1 aromatic rings. The predicted octanol–water partition coefficient (Wildman–Crippen LogP) is 4.53. The molecule has 1 heteroatoms. The van der Waals surface area contributed by atoms with Crippen LogP contribution in [-0.2, 0) is 6.42 Å². The van der Waals surface area contributed by atoms with Crippen LogP contribution in [0, 0.1) is 5.92 Å². The fraction of sp³-hybridized carbons (Fsp3) is 0.667. The number of furan rings is 1. The van der Waals surface area contributed by atoms with Gasteiger partial charge in [-0.2, -0.15) is 0 Å². The summed E-state index contributed by atoms with van der Waals surface area (Å²) in [6.07, 6.45) is 2.69. The summed E-state index contributed by atoms with van der Waals surface area (Å²) in [7, 11) is 0. The van der Waals surface area contributed by atoms with Crippen LogP contribution in [0.25, 0.3) is 0 Å². The Morgan fingerprint density at radius 1 is 1.23 bits per heavy atom. The lowest BCUT2D eigenvalue weighted by atomic mass is 10.3. The molecule has 1 nitrogen and oxygen atoms in total. The van der Waals surface area contributed by atoms with Crippen LogP contribution in [0.2, 0.25) is 0 Å². The van der Waals surface area contributed by atoms with E-state index in [2.05, 4.69) is 27.7 Å².